The first kappa shape index (κ1) is 19.8. The fraction of sp³-hybridized carbons (Fsp3) is 0.136. The summed E-state index contributed by atoms with van der Waals surface area (Å²) in [6.45, 7) is 0.837. The van der Waals surface area contributed by atoms with Crippen molar-refractivity contribution in [3.63, 3.8) is 0 Å². The molecule has 0 spiro atoms. The van der Waals surface area contributed by atoms with Crippen LogP contribution in [-0.4, -0.2) is 35.0 Å². The third kappa shape index (κ3) is 3.39. The molecule has 0 saturated carbocycles. The molecule has 1 aromatic heterocycles. The Morgan fingerprint density at radius 1 is 1.13 bits per heavy atom. The van der Waals surface area contributed by atoms with Crippen LogP contribution in [-0.2, 0) is 9.59 Å². The molecule has 7 nitrogen and oxygen atoms in total. The summed E-state index contributed by atoms with van der Waals surface area (Å²) in [5, 5.41) is 13.3. The van der Waals surface area contributed by atoms with Crippen LogP contribution in [0.1, 0.15) is 17.2 Å². The molecule has 3 aromatic rings. The van der Waals surface area contributed by atoms with Crippen molar-refractivity contribution in [2.45, 2.75) is 6.04 Å². The highest BCUT2D eigenvalue weighted by Crippen LogP contribution is 2.44. The largest absolute Gasteiger partial charge is 0.507 e. The average molecular weight is 499 g/mol. The molecule has 0 radical (unpaired) electrons. The number of nitrogens with zero attached hydrogens (tertiary/aromatic N) is 2. The summed E-state index contributed by atoms with van der Waals surface area (Å²) in [6.07, 6.45) is 1.57. The fourth-order valence-electron chi connectivity index (χ4n) is 3.70. The number of anilines is 1. The van der Waals surface area contributed by atoms with E-state index >= 15 is 0 Å². The first-order valence-corrected chi connectivity index (χ1v) is 11.1. The summed E-state index contributed by atoms with van der Waals surface area (Å²) in [7, 11) is 0. The highest BCUT2D eigenvalue weighted by atomic mass is 79.9. The maximum absolute atomic E-state index is 13.1. The first-order valence-electron chi connectivity index (χ1n) is 9.40. The lowest BCUT2D eigenvalue weighted by Crippen LogP contribution is -2.29. The number of aromatic nitrogens is 1. The zero-order valence-electron chi connectivity index (χ0n) is 15.9. The highest BCUT2D eigenvalue weighted by Gasteiger charge is 2.48. The van der Waals surface area contributed by atoms with Gasteiger partial charge < -0.3 is 14.6 Å². The van der Waals surface area contributed by atoms with E-state index in [1.54, 1.807) is 35.8 Å². The number of aliphatic hydroxyl groups excluding tert-OH is 1. The second-order valence-corrected chi connectivity index (χ2v) is 8.69. The second kappa shape index (κ2) is 7.82. The van der Waals surface area contributed by atoms with Crippen molar-refractivity contribution in [2.24, 2.45) is 0 Å². The number of carbonyl (C=O) groups excluding carboxylic acids is 2. The number of Topliss-reactive ketones (excluding diaryl/α,β-unsaturated/α-hetero) is 1. The van der Waals surface area contributed by atoms with Gasteiger partial charge in [-0.05, 0) is 35.9 Å². The molecule has 2 aliphatic rings. The smallest absolute Gasteiger partial charge is 0.301 e. The summed E-state index contributed by atoms with van der Waals surface area (Å²) in [5.41, 5.74) is 1.03. The van der Waals surface area contributed by atoms with E-state index in [9.17, 15) is 14.7 Å². The van der Waals surface area contributed by atoms with Crippen LogP contribution in [0.15, 0.2) is 64.1 Å². The molecule has 2 aromatic carbocycles. The van der Waals surface area contributed by atoms with Crippen molar-refractivity contribution in [3.8, 4) is 11.5 Å². The summed E-state index contributed by atoms with van der Waals surface area (Å²) in [4.78, 5) is 31.6. The van der Waals surface area contributed by atoms with E-state index in [1.165, 1.54) is 16.2 Å². The predicted molar refractivity (Wildman–Crippen MR) is 118 cm³/mol. The Kier molecular flexibility index (Phi) is 4.99. The molecule has 1 unspecified atom stereocenters. The Morgan fingerprint density at radius 3 is 2.68 bits per heavy atom. The number of halogens is 1. The van der Waals surface area contributed by atoms with E-state index in [2.05, 4.69) is 20.9 Å². The number of thiazole rings is 1. The molecule has 1 fully saturated rings. The highest BCUT2D eigenvalue weighted by molar-refractivity contribution is 9.10. The zero-order valence-corrected chi connectivity index (χ0v) is 18.4. The van der Waals surface area contributed by atoms with Crippen molar-refractivity contribution < 1.29 is 24.2 Å². The van der Waals surface area contributed by atoms with Gasteiger partial charge in [-0.1, -0.05) is 28.1 Å². The standard InChI is InChI=1S/C22H15BrN2O5S/c23-14-3-1-2-12(10-14)18-17(20(27)21(28)25(18)22-24-6-9-31-22)19(26)13-4-5-15-16(11-13)30-8-7-29-15/h1-6,9-11,18,26H,7-8H2/b19-17-. The van der Waals surface area contributed by atoms with Crippen LogP contribution in [0.2, 0.25) is 0 Å². The van der Waals surface area contributed by atoms with Gasteiger partial charge in [0.1, 0.15) is 19.0 Å². The van der Waals surface area contributed by atoms with Crippen LogP contribution in [0, 0.1) is 0 Å². The molecule has 1 N–H and O–H groups in total. The minimum atomic E-state index is -0.822. The van der Waals surface area contributed by atoms with E-state index in [0.717, 1.165) is 4.47 Å². The SMILES string of the molecule is O=C1C(=O)N(c2nccs2)C(c2cccc(Br)c2)/C1=C(/O)c1ccc2c(c1)OCCO2. The van der Waals surface area contributed by atoms with E-state index in [0.29, 0.717) is 41.0 Å². The Labute approximate surface area is 189 Å². The number of ether oxygens (including phenoxy) is 2. The van der Waals surface area contributed by atoms with Crippen molar-refractivity contribution in [1.29, 1.82) is 0 Å². The summed E-state index contributed by atoms with van der Waals surface area (Å²) in [6, 6.07) is 11.4. The molecule has 1 saturated heterocycles. The molecule has 2 aliphatic heterocycles. The lowest BCUT2D eigenvalue weighted by molar-refractivity contribution is -0.132. The van der Waals surface area contributed by atoms with Crippen LogP contribution < -0.4 is 14.4 Å². The Hall–Kier alpha value is -3.17. The minimum absolute atomic E-state index is 0.00465. The summed E-state index contributed by atoms with van der Waals surface area (Å²) < 4.78 is 11.9. The number of hydrogen-bond donors (Lipinski definition) is 1. The van der Waals surface area contributed by atoms with Crippen molar-refractivity contribution >= 4 is 49.8 Å². The molecule has 5 rings (SSSR count). The maximum atomic E-state index is 13.1. The zero-order chi connectivity index (χ0) is 21.5. The number of fused-ring (bicyclic) bond motifs is 1. The van der Waals surface area contributed by atoms with Gasteiger partial charge in [0, 0.05) is 21.6 Å². The van der Waals surface area contributed by atoms with Gasteiger partial charge >= 0.3 is 5.91 Å². The van der Waals surface area contributed by atoms with Crippen LogP contribution in [0.5, 0.6) is 11.5 Å². The molecule has 31 heavy (non-hydrogen) atoms. The number of carbonyl (C=O) groups is 2. The molecule has 0 aliphatic carbocycles. The van der Waals surface area contributed by atoms with E-state index in [-0.39, 0.29) is 11.3 Å². The quantitative estimate of drug-likeness (QED) is 0.329. The number of amides is 1. The summed E-state index contributed by atoms with van der Waals surface area (Å²) in [5.74, 6) is -0.746. The molecular weight excluding hydrogens is 484 g/mol. The third-order valence-corrected chi connectivity index (χ3v) is 6.31. The third-order valence-electron chi connectivity index (χ3n) is 5.05. The van der Waals surface area contributed by atoms with Crippen LogP contribution in [0.4, 0.5) is 5.13 Å². The van der Waals surface area contributed by atoms with Crippen LogP contribution in [0.3, 0.4) is 0 Å². The molecule has 1 atom stereocenters. The molecule has 3 heterocycles. The number of aliphatic hydroxyl groups is 1. The van der Waals surface area contributed by atoms with Crippen LogP contribution in [0.25, 0.3) is 5.76 Å². The van der Waals surface area contributed by atoms with Gasteiger partial charge in [0.25, 0.3) is 5.78 Å². The monoisotopic (exact) mass is 498 g/mol. The Bertz CT molecular complexity index is 1220. The molecule has 9 heteroatoms. The van der Waals surface area contributed by atoms with Crippen molar-refractivity contribution in [2.75, 3.05) is 18.1 Å². The Morgan fingerprint density at radius 2 is 1.94 bits per heavy atom. The van der Waals surface area contributed by atoms with E-state index in [1.807, 2.05) is 18.2 Å². The number of hydrogen-bond acceptors (Lipinski definition) is 7. The predicted octanol–water partition coefficient (Wildman–Crippen LogP) is 4.30. The van der Waals surface area contributed by atoms with Gasteiger partial charge in [0.05, 0.1) is 11.6 Å². The minimum Gasteiger partial charge on any atom is -0.507 e. The first-order chi connectivity index (χ1) is 15.0. The lowest BCUT2D eigenvalue weighted by atomic mass is 9.95. The van der Waals surface area contributed by atoms with Gasteiger partial charge in [-0.25, -0.2) is 4.98 Å². The average Bonchev–Trinajstić information content (AvgIpc) is 3.40. The van der Waals surface area contributed by atoms with Crippen molar-refractivity contribution in [1.82, 2.24) is 4.98 Å². The number of ketones is 1. The van der Waals surface area contributed by atoms with Gasteiger partial charge in [-0.3, -0.25) is 14.5 Å². The maximum Gasteiger partial charge on any atom is 0.301 e. The van der Waals surface area contributed by atoms with Crippen LogP contribution >= 0.6 is 27.3 Å². The van der Waals surface area contributed by atoms with E-state index < -0.39 is 17.7 Å². The van der Waals surface area contributed by atoms with Gasteiger partial charge in [-0.15, -0.1) is 11.3 Å². The number of rotatable bonds is 3. The van der Waals surface area contributed by atoms with Gasteiger partial charge in [-0.2, -0.15) is 0 Å². The molecule has 1 amide bonds. The van der Waals surface area contributed by atoms with Gasteiger partial charge in [0.15, 0.2) is 16.6 Å². The second-order valence-electron chi connectivity index (χ2n) is 6.90. The normalized spacial score (nSPS) is 19.6. The van der Waals surface area contributed by atoms with E-state index in [4.69, 9.17) is 9.47 Å². The number of benzene rings is 2. The Balaban J connectivity index is 1.69. The molecule has 0 bridgehead atoms. The lowest BCUT2D eigenvalue weighted by Gasteiger charge is -2.23. The summed E-state index contributed by atoms with van der Waals surface area (Å²) >= 11 is 4.69. The topological polar surface area (TPSA) is 89.0 Å². The van der Waals surface area contributed by atoms with Gasteiger partial charge in [0.2, 0.25) is 0 Å². The fourth-order valence-corrected chi connectivity index (χ4v) is 4.79. The van der Waals surface area contributed by atoms with Crippen molar-refractivity contribution in [3.05, 3.63) is 75.2 Å². The molecular formula is C22H15BrN2O5S. The molecule has 156 valence electrons.